The zero-order chi connectivity index (χ0) is 9.68. The van der Waals surface area contributed by atoms with E-state index in [1.165, 1.54) is 0 Å². The maximum atomic E-state index is 11.4. The van der Waals surface area contributed by atoms with E-state index < -0.39 is 0 Å². The summed E-state index contributed by atoms with van der Waals surface area (Å²) in [5, 5.41) is 14.9. The highest BCUT2D eigenvalue weighted by Crippen LogP contribution is 2.04. The molecule has 0 aromatic heterocycles. The van der Waals surface area contributed by atoms with Crippen molar-refractivity contribution in [3.63, 3.8) is 0 Å². The van der Waals surface area contributed by atoms with Crippen LogP contribution >= 0.6 is 12.4 Å². The number of amides is 1. The SMILES string of the molecule is CC(O)CCNC(=O)C1CCCN1.Cl. The first kappa shape index (κ1) is 13.7. The van der Waals surface area contributed by atoms with Crippen molar-refractivity contribution in [3.05, 3.63) is 0 Å². The molecule has 3 N–H and O–H groups in total. The van der Waals surface area contributed by atoms with Gasteiger partial charge in [-0.25, -0.2) is 0 Å². The molecule has 1 aliphatic heterocycles. The van der Waals surface area contributed by atoms with Gasteiger partial charge in [0.05, 0.1) is 12.1 Å². The molecule has 0 aromatic rings. The van der Waals surface area contributed by atoms with Gasteiger partial charge in [-0.05, 0) is 32.7 Å². The lowest BCUT2D eigenvalue weighted by atomic mass is 10.2. The van der Waals surface area contributed by atoms with E-state index in [-0.39, 0.29) is 30.5 Å². The van der Waals surface area contributed by atoms with E-state index in [1.54, 1.807) is 6.92 Å². The number of halogens is 1. The summed E-state index contributed by atoms with van der Waals surface area (Å²) in [4.78, 5) is 11.4. The van der Waals surface area contributed by atoms with Crippen molar-refractivity contribution in [1.82, 2.24) is 10.6 Å². The third-order valence-corrected chi connectivity index (χ3v) is 2.24. The molecule has 0 saturated carbocycles. The summed E-state index contributed by atoms with van der Waals surface area (Å²) in [5.41, 5.74) is 0. The van der Waals surface area contributed by atoms with Crippen LogP contribution < -0.4 is 10.6 Å². The van der Waals surface area contributed by atoms with Crippen molar-refractivity contribution in [2.24, 2.45) is 0 Å². The minimum absolute atomic E-state index is 0. The second-order valence-corrected chi connectivity index (χ2v) is 3.58. The van der Waals surface area contributed by atoms with Crippen LogP contribution in [0.25, 0.3) is 0 Å². The lowest BCUT2D eigenvalue weighted by molar-refractivity contribution is -0.122. The molecule has 1 fully saturated rings. The predicted octanol–water partition coefficient (Wildman–Crippen LogP) is 0.0473. The lowest BCUT2D eigenvalue weighted by Gasteiger charge is -2.11. The minimum Gasteiger partial charge on any atom is -0.393 e. The first-order valence-corrected chi connectivity index (χ1v) is 4.89. The van der Waals surface area contributed by atoms with Crippen LogP contribution in [-0.4, -0.2) is 36.2 Å². The standard InChI is InChI=1S/C9H18N2O2.ClH/c1-7(12)4-6-11-9(13)8-3-2-5-10-8;/h7-8,10,12H,2-6H2,1H3,(H,11,13);1H. The van der Waals surface area contributed by atoms with E-state index in [1.807, 2.05) is 0 Å². The van der Waals surface area contributed by atoms with Crippen molar-refractivity contribution in [2.45, 2.75) is 38.3 Å². The maximum Gasteiger partial charge on any atom is 0.237 e. The third kappa shape index (κ3) is 4.79. The molecule has 4 nitrogen and oxygen atoms in total. The first-order valence-electron chi connectivity index (χ1n) is 4.89. The summed E-state index contributed by atoms with van der Waals surface area (Å²) < 4.78 is 0. The Kier molecular flexibility index (Phi) is 6.87. The van der Waals surface area contributed by atoms with Gasteiger partial charge in [0, 0.05) is 6.54 Å². The number of nitrogens with one attached hydrogen (secondary N) is 2. The van der Waals surface area contributed by atoms with E-state index in [4.69, 9.17) is 5.11 Å². The number of hydrogen-bond acceptors (Lipinski definition) is 3. The molecule has 2 atom stereocenters. The van der Waals surface area contributed by atoms with E-state index in [2.05, 4.69) is 10.6 Å². The van der Waals surface area contributed by atoms with Gasteiger partial charge in [-0.15, -0.1) is 12.4 Å². The van der Waals surface area contributed by atoms with Gasteiger partial charge in [-0.3, -0.25) is 4.79 Å². The molecule has 84 valence electrons. The van der Waals surface area contributed by atoms with E-state index >= 15 is 0 Å². The highest BCUT2D eigenvalue weighted by molar-refractivity contribution is 5.85. The second-order valence-electron chi connectivity index (χ2n) is 3.58. The highest BCUT2D eigenvalue weighted by atomic mass is 35.5. The number of hydrogen-bond donors (Lipinski definition) is 3. The van der Waals surface area contributed by atoms with Crippen LogP contribution in [0.4, 0.5) is 0 Å². The molecule has 0 aromatic carbocycles. The maximum absolute atomic E-state index is 11.4. The fourth-order valence-electron chi connectivity index (χ4n) is 1.44. The van der Waals surface area contributed by atoms with Crippen LogP contribution in [0.3, 0.4) is 0 Å². The van der Waals surface area contributed by atoms with Gasteiger partial charge in [0.2, 0.25) is 5.91 Å². The number of aliphatic hydroxyl groups is 1. The monoisotopic (exact) mass is 222 g/mol. The quantitative estimate of drug-likeness (QED) is 0.630. The predicted molar refractivity (Wildman–Crippen MR) is 57.6 cm³/mol. The molecule has 0 spiro atoms. The number of carbonyl (C=O) groups excluding carboxylic acids is 1. The van der Waals surface area contributed by atoms with Gasteiger partial charge in [0.25, 0.3) is 0 Å². The summed E-state index contributed by atoms with van der Waals surface area (Å²) in [5.74, 6) is 0.0677. The van der Waals surface area contributed by atoms with E-state index in [0.29, 0.717) is 13.0 Å². The Morgan fingerprint density at radius 3 is 2.93 bits per heavy atom. The van der Waals surface area contributed by atoms with Crippen LogP contribution in [0.1, 0.15) is 26.2 Å². The molecule has 0 aliphatic carbocycles. The van der Waals surface area contributed by atoms with Crippen molar-refractivity contribution < 1.29 is 9.90 Å². The second kappa shape index (κ2) is 7.04. The Hall–Kier alpha value is -0.320. The molecule has 1 amide bonds. The Bertz CT molecular complexity index is 170. The average molecular weight is 223 g/mol. The molecule has 2 unspecified atom stereocenters. The summed E-state index contributed by atoms with van der Waals surface area (Å²) in [6.07, 6.45) is 2.30. The van der Waals surface area contributed by atoms with Gasteiger partial charge >= 0.3 is 0 Å². The largest absolute Gasteiger partial charge is 0.393 e. The van der Waals surface area contributed by atoms with Crippen molar-refractivity contribution in [1.29, 1.82) is 0 Å². The Morgan fingerprint density at radius 1 is 1.71 bits per heavy atom. The first-order chi connectivity index (χ1) is 6.20. The molecule has 0 radical (unpaired) electrons. The van der Waals surface area contributed by atoms with Crippen LogP contribution in [0.15, 0.2) is 0 Å². The van der Waals surface area contributed by atoms with E-state index in [0.717, 1.165) is 19.4 Å². The zero-order valence-electron chi connectivity index (χ0n) is 8.45. The molecule has 0 bridgehead atoms. The van der Waals surface area contributed by atoms with Crippen molar-refractivity contribution in [3.8, 4) is 0 Å². The Labute approximate surface area is 90.9 Å². The molecule has 1 aliphatic rings. The molecular formula is C9H19ClN2O2. The Morgan fingerprint density at radius 2 is 2.43 bits per heavy atom. The Balaban J connectivity index is 0.00000169. The molecule has 14 heavy (non-hydrogen) atoms. The fraction of sp³-hybridized carbons (Fsp3) is 0.889. The van der Waals surface area contributed by atoms with Crippen molar-refractivity contribution >= 4 is 18.3 Å². The molecule has 1 saturated heterocycles. The van der Waals surface area contributed by atoms with Crippen LogP contribution in [0.2, 0.25) is 0 Å². The van der Waals surface area contributed by atoms with Crippen LogP contribution in [0, 0.1) is 0 Å². The fourth-order valence-corrected chi connectivity index (χ4v) is 1.44. The van der Waals surface area contributed by atoms with Crippen molar-refractivity contribution in [2.75, 3.05) is 13.1 Å². The minimum atomic E-state index is -0.336. The normalized spacial score (nSPS) is 22.6. The summed E-state index contributed by atoms with van der Waals surface area (Å²) >= 11 is 0. The van der Waals surface area contributed by atoms with Gasteiger partial charge in [0.15, 0.2) is 0 Å². The lowest BCUT2D eigenvalue weighted by Crippen LogP contribution is -2.41. The summed E-state index contributed by atoms with van der Waals surface area (Å²) in [7, 11) is 0. The summed E-state index contributed by atoms with van der Waals surface area (Å²) in [6.45, 7) is 3.23. The van der Waals surface area contributed by atoms with E-state index in [9.17, 15) is 4.79 Å². The van der Waals surface area contributed by atoms with Gasteiger partial charge in [0.1, 0.15) is 0 Å². The summed E-state index contributed by atoms with van der Waals surface area (Å²) in [6, 6.07) is -0.00556. The zero-order valence-corrected chi connectivity index (χ0v) is 9.27. The number of carbonyl (C=O) groups is 1. The average Bonchev–Trinajstić information content (AvgIpc) is 2.55. The molecular weight excluding hydrogens is 204 g/mol. The number of aliphatic hydroxyl groups excluding tert-OH is 1. The third-order valence-electron chi connectivity index (χ3n) is 2.24. The molecule has 1 heterocycles. The van der Waals surface area contributed by atoms with Crippen LogP contribution in [0.5, 0.6) is 0 Å². The van der Waals surface area contributed by atoms with Crippen LogP contribution in [-0.2, 0) is 4.79 Å². The van der Waals surface area contributed by atoms with Gasteiger partial charge in [-0.2, -0.15) is 0 Å². The smallest absolute Gasteiger partial charge is 0.237 e. The molecule has 1 rings (SSSR count). The highest BCUT2D eigenvalue weighted by Gasteiger charge is 2.21. The molecule has 5 heteroatoms. The van der Waals surface area contributed by atoms with Gasteiger partial charge in [-0.1, -0.05) is 0 Å². The van der Waals surface area contributed by atoms with Gasteiger partial charge < -0.3 is 15.7 Å². The number of rotatable bonds is 4. The topological polar surface area (TPSA) is 61.4 Å².